The first kappa shape index (κ1) is 20.1. The lowest BCUT2D eigenvalue weighted by molar-refractivity contribution is -0.112. The van der Waals surface area contributed by atoms with Crippen molar-refractivity contribution in [3.8, 4) is 23.6 Å². The second-order valence-electron chi connectivity index (χ2n) is 5.14. The van der Waals surface area contributed by atoms with E-state index in [1.165, 1.54) is 31.4 Å². The van der Waals surface area contributed by atoms with Gasteiger partial charge in [-0.15, -0.1) is 0 Å². The van der Waals surface area contributed by atoms with Crippen LogP contribution in [0.4, 0.5) is 5.69 Å². The van der Waals surface area contributed by atoms with E-state index in [0.29, 0.717) is 32.8 Å². The summed E-state index contributed by atoms with van der Waals surface area (Å²) in [6, 6.07) is 13.1. The molecule has 0 saturated heterocycles. The van der Waals surface area contributed by atoms with Gasteiger partial charge in [-0.3, -0.25) is 4.79 Å². The fourth-order valence-electron chi connectivity index (χ4n) is 2.14. The second kappa shape index (κ2) is 9.49. The number of anilines is 1. The van der Waals surface area contributed by atoms with E-state index in [9.17, 15) is 10.1 Å². The molecule has 0 bridgehead atoms. The molecule has 0 aliphatic heterocycles. The molecule has 2 aromatic carbocycles. The average Bonchev–Trinajstić information content (AvgIpc) is 2.63. The van der Waals surface area contributed by atoms with Crippen molar-refractivity contribution in [2.24, 2.45) is 0 Å². The van der Waals surface area contributed by atoms with E-state index < -0.39 is 5.91 Å². The van der Waals surface area contributed by atoms with Crippen molar-refractivity contribution in [1.82, 2.24) is 0 Å². The summed E-state index contributed by atoms with van der Waals surface area (Å²) in [5, 5.41) is 21.2. The van der Waals surface area contributed by atoms with E-state index in [0.717, 1.165) is 0 Å². The number of carbonyl (C=O) groups excluding carboxylic acids is 1. The lowest BCUT2D eigenvalue weighted by atomic mass is 10.1. The molecule has 8 heteroatoms. The van der Waals surface area contributed by atoms with E-state index in [1.54, 1.807) is 18.2 Å². The molecule has 1 amide bonds. The molecule has 2 rings (SSSR count). The zero-order valence-electron chi connectivity index (χ0n) is 14.1. The molecule has 0 aliphatic rings. The Bertz CT molecular complexity index is 955. The van der Waals surface area contributed by atoms with E-state index in [2.05, 4.69) is 5.32 Å². The van der Waals surface area contributed by atoms with Crippen LogP contribution in [0.1, 0.15) is 5.56 Å². The Morgan fingerprint density at radius 1 is 1.15 bits per heavy atom. The SMILES string of the molecule is COc1cc(/C=C(\C#N)C(=O)Nc2cc(Cl)cc(Cl)c2)ccc1OCC#N. The van der Waals surface area contributed by atoms with Gasteiger partial charge in [-0.1, -0.05) is 29.3 Å². The van der Waals surface area contributed by atoms with Crippen LogP contribution in [0.5, 0.6) is 11.5 Å². The van der Waals surface area contributed by atoms with Crippen LogP contribution in [-0.2, 0) is 4.79 Å². The maximum atomic E-state index is 12.4. The number of hydrogen-bond acceptors (Lipinski definition) is 5. The number of carbonyl (C=O) groups is 1. The molecule has 0 unspecified atom stereocenters. The Hall–Kier alpha value is -3.19. The summed E-state index contributed by atoms with van der Waals surface area (Å²) in [7, 11) is 1.45. The third-order valence-corrected chi connectivity index (χ3v) is 3.71. The van der Waals surface area contributed by atoms with Crippen molar-refractivity contribution in [2.75, 3.05) is 19.0 Å². The van der Waals surface area contributed by atoms with Gasteiger partial charge in [0, 0.05) is 15.7 Å². The molecule has 2 aromatic rings. The van der Waals surface area contributed by atoms with Gasteiger partial charge in [-0.2, -0.15) is 10.5 Å². The number of hydrogen-bond donors (Lipinski definition) is 1. The third-order valence-electron chi connectivity index (χ3n) is 3.28. The number of nitrogens with zero attached hydrogens (tertiary/aromatic N) is 2. The fraction of sp³-hybridized carbons (Fsp3) is 0.105. The molecule has 0 saturated carbocycles. The van der Waals surface area contributed by atoms with Gasteiger partial charge in [0.15, 0.2) is 18.1 Å². The predicted molar refractivity (Wildman–Crippen MR) is 103 cm³/mol. The molecule has 0 fully saturated rings. The molecule has 0 atom stereocenters. The number of amides is 1. The van der Waals surface area contributed by atoms with Crippen LogP contribution in [0.3, 0.4) is 0 Å². The smallest absolute Gasteiger partial charge is 0.266 e. The second-order valence-corrected chi connectivity index (χ2v) is 6.01. The highest BCUT2D eigenvalue weighted by Crippen LogP contribution is 2.29. The fourth-order valence-corrected chi connectivity index (χ4v) is 2.67. The van der Waals surface area contributed by atoms with E-state index in [4.69, 9.17) is 37.9 Å². The molecule has 0 spiro atoms. The first-order chi connectivity index (χ1) is 13.0. The van der Waals surface area contributed by atoms with Gasteiger partial charge in [0.05, 0.1) is 7.11 Å². The minimum absolute atomic E-state index is 0.125. The minimum atomic E-state index is -0.611. The molecule has 0 heterocycles. The van der Waals surface area contributed by atoms with Gasteiger partial charge in [-0.05, 0) is 42.0 Å². The maximum Gasteiger partial charge on any atom is 0.266 e. The Kier molecular flexibility index (Phi) is 7.08. The number of methoxy groups -OCH3 is 1. The Balaban J connectivity index is 2.25. The number of benzene rings is 2. The van der Waals surface area contributed by atoms with Crippen LogP contribution < -0.4 is 14.8 Å². The first-order valence-corrected chi connectivity index (χ1v) is 8.29. The van der Waals surface area contributed by atoms with Crippen LogP contribution in [0.15, 0.2) is 42.0 Å². The van der Waals surface area contributed by atoms with Gasteiger partial charge in [0.25, 0.3) is 5.91 Å². The van der Waals surface area contributed by atoms with Crippen molar-refractivity contribution >= 4 is 40.9 Å². The maximum absolute atomic E-state index is 12.4. The summed E-state index contributed by atoms with van der Waals surface area (Å²) < 4.78 is 10.4. The third kappa shape index (κ3) is 5.65. The molecule has 0 aliphatic carbocycles. The molecular weight excluding hydrogens is 389 g/mol. The van der Waals surface area contributed by atoms with Crippen LogP contribution in [0.25, 0.3) is 6.08 Å². The van der Waals surface area contributed by atoms with Gasteiger partial charge >= 0.3 is 0 Å². The van der Waals surface area contributed by atoms with E-state index in [-0.39, 0.29) is 12.2 Å². The lowest BCUT2D eigenvalue weighted by Crippen LogP contribution is -2.13. The lowest BCUT2D eigenvalue weighted by Gasteiger charge is -2.09. The minimum Gasteiger partial charge on any atom is -0.493 e. The molecule has 0 radical (unpaired) electrons. The predicted octanol–water partition coefficient (Wildman–Crippen LogP) is 4.45. The zero-order chi connectivity index (χ0) is 19.8. The van der Waals surface area contributed by atoms with Crippen molar-refractivity contribution in [2.45, 2.75) is 0 Å². The zero-order valence-corrected chi connectivity index (χ0v) is 15.6. The van der Waals surface area contributed by atoms with Crippen LogP contribution in [-0.4, -0.2) is 19.6 Å². The Morgan fingerprint density at radius 2 is 1.85 bits per heavy atom. The van der Waals surface area contributed by atoms with Gasteiger partial charge in [-0.25, -0.2) is 0 Å². The highest BCUT2D eigenvalue weighted by atomic mass is 35.5. The molecule has 136 valence electrons. The number of nitrogens with one attached hydrogen (secondary N) is 1. The first-order valence-electron chi connectivity index (χ1n) is 7.54. The topological polar surface area (TPSA) is 95.1 Å². The van der Waals surface area contributed by atoms with E-state index in [1.807, 2.05) is 12.1 Å². The average molecular weight is 402 g/mol. The molecule has 1 N–H and O–H groups in total. The normalized spacial score (nSPS) is 10.5. The molecular formula is C19H13Cl2N3O3. The van der Waals surface area contributed by atoms with Crippen molar-refractivity contribution in [3.63, 3.8) is 0 Å². The van der Waals surface area contributed by atoms with Crippen LogP contribution in [0.2, 0.25) is 10.0 Å². The van der Waals surface area contributed by atoms with Gasteiger partial charge < -0.3 is 14.8 Å². The van der Waals surface area contributed by atoms with Crippen molar-refractivity contribution in [1.29, 1.82) is 10.5 Å². The van der Waals surface area contributed by atoms with Crippen molar-refractivity contribution in [3.05, 3.63) is 57.6 Å². The summed E-state index contributed by atoms with van der Waals surface area (Å²) in [5.74, 6) is 0.144. The Morgan fingerprint density at radius 3 is 2.44 bits per heavy atom. The summed E-state index contributed by atoms with van der Waals surface area (Å²) in [5.41, 5.74) is 0.794. The van der Waals surface area contributed by atoms with Gasteiger partial charge in [0.2, 0.25) is 0 Å². The van der Waals surface area contributed by atoms with Crippen LogP contribution >= 0.6 is 23.2 Å². The molecule has 6 nitrogen and oxygen atoms in total. The Labute approximate surface area is 166 Å². The quantitative estimate of drug-likeness (QED) is 0.569. The number of ether oxygens (including phenoxy) is 2. The molecule has 0 aromatic heterocycles. The summed E-state index contributed by atoms with van der Waals surface area (Å²) in [6.45, 7) is -0.125. The highest BCUT2D eigenvalue weighted by Gasteiger charge is 2.12. The standard InChI is InChI=1S/C19H13Cl2N3O3/c1-26-18-7-12(2-3-17(18)27-5-4-22)6-13(11-23)19(25)24-16-9-14(20)8-15(21)10-16/h2-3,6-10H,5H2,1H3,(H,24,25)/b13-6+. The van der Waals surface area contributed by atoms with E-state index >= 15 is 0 Å². The van der Waals surface area contributed by atoms with Gasteiger partial charge in [0.1, 0.15) is 17.7 Å². The largest absolute Gasteiger partial charge is 0.493 e. The monoisotopic (exact) mass is 401 g/mol. The number of rotatable bonds is 6. The van der Waals surface area contributed by atoms with Crippen molar-refractivity contribution < 1.29 is 14.3 Å². The molecule has 27 heavy (non-hydrogen) atoms. The summed E-state index contributed by atoms with van der Waals surface area (Å²) in [4.78, 5) is 12.4. The summed E-state index contributed by atoms with van der Waals surface area (Å²) in [6.07, 6.45) is 1.40. The summed E-state index contributed by atoms with van der Waals surface area (Å²) >= 11 is 11.8. The highest BCUT2D eigenvalue weighted by molar-refractivity contribution is 6.35. The van der Waals surface area contributed by atoms with Crippen LogP contribution in [0, 0.1) is 22.7 Å². The number of halogens is 2. The number of nitriles is 2.